The van der Waals surface area contributed by atoms with Crippen LogP contribution in [0.15, 0.2) is 36.7 Å². The fraction of sp³-hybridized carbons (Fsp3) is 0. The van der Waals surface area contributed by atoms with Gasteiger partial charge in [0.05, 0.1) is 11.9 Å². The van der Waals surface area contributed by atoms with Gasteiger partial charge in [-0.05, 0) is 18.2 Å². The molecule has 0 bridgehead atoms. The molecule has 0 saturated carbocycles. The summed E-state index contributed by atoms with van der Waals surface area (Å²) in [6, 6.07) is 4.15. The molecule has 68 valence electrons. The van der Waals surface area contributed by atoms with Gasteiger partial charge in [-0.25, -0.2) is 0 Å². The third-order valence-corrected chi connectivity index (χ3v) is 2.36. The first-order valence-corrected chi connectivity index (χ1v) is 4.55. The molecule has 0 saturated heterocycles. The molecule has 2 aliphatic heterocycles. The van der Waals surface area contributed by atoms with Crippen LogP contribution in [0, 0.1) is 0 Å². The first kappa shape index (κ1) is 7.44. The highest BCUT2D eigenvalue weighted by atomic mass is 16.5. The molecule has 14 heavy (non-hydrogen) atoms. The first-order valence-electron chi connectivity index (χ1n) is 4.55. The molecule has 1 aromatic carbocycles. The molecule has 2 aliphatic rings. The summed E-state index contributed by atoms with van der Waals surface area (Å²) in [6.45, 7) is 0. The maximum Gasteiger partial charge on any atom is 0.157 e. The molecule has 1 aromatic rings. The summed E-state index contributed by atoms with van der Waals surface area (Å²) in [4.78, 5) is 0. The van der Waals surface area contributed by atoms with Crippen molar-refractivity contribution in [1.29, 1.82) is 0 Å². The van der Waals surface area contributed by atoms with Crippen molar-refractivity contribution in [2.24, 2.45) is 0 Å². The van der Waals surface area contributed by atoms with Gasteiger partial charge >= 0.3 is 0 Å². The molecular weight excluding hydrogens is 174 g/mol. The molecule has 2 nitrogen and oxygen atoms in total. The molecular formula is C12H9NO. The summed E-state index contributed by atoms with van der Waals surface area (Å²) >= 11 is 0. The lowest BCUT2D eigenvalue weighted by Gasteiger charge is -2.13. The van der Waals surface area contributed by atoms with Crippen LogP contribution in [0.4, 0.5) is 5.69 Å². The average Bonchev–Trinajstić information content (AvgIpc) is 2.29. The standard InChI is InChI=1S/C12H9NO/c1-3-9-5-6-10-4-2-8-14-12(10)11(9)13-7-1/h1-8,13H. The topological polar surface area (TPSA) is 21.3 Å². The Hall–Kier alpha value is -1.96. The molecule has 0 amide bonds. The number of rotatable bonds is 0. The first-order chi connectivity index (χ1) is 6.95. The van der Waals surface area contributed by atoms with E-state index in [2.05, 4.69) is 23.5 Å². The van der Waals surface area contributed by atoms with E-state index in [1.165, 1.54) is 0 Å². The number of fused-ring (bicyclic) bond motifs is 3. The molecule has 1 N–H and O–H groups in total. The van der Waals surface area contributed by atoms with Crippen molar-refractivity contribution in [3.8, 4) is 5.75 Å². The molecule has 0 atom stereocenters. The summed E-state index contributed by atoms with van der Waals surface area (Å²) in [5.74, 6) is 0.908. The van der Waals surface area contributed by atoms with Gasteiger partial charge in [-0.1, -0.05) is 18.2 Å². The maximum absolute atomic E-state index is 5.49. The van der Waals surface area contributed by atoms with E-state index >= 15 is 0 Å². The second-order valence-electron chi connectivity index (χ2n) is 3.23. The van der Waals surface area contributed by atoms with Crippen LogP contribution in [-0.4, -0.2) is 0 Å². The van der Waals surface area contributed by atoms with Crippen LogP contribution in [0.5, 0.6) is 5.75 Å². The van der Waals surface area contributed by atoms with E-state index in [-0.39, 0.29) is 0 Å². The van der Waals surface area contributed by atoms with Crippen LogP contribution in [0.1, 0.15) is 0 Å². The number of ether oxygens (including phenoxy) is 1. The van der Waals surface area contributed by atoms with Crippen molar-refractivity contribution < 1.29 is 4.74 Å². The molecule has 2 heterocycles. The van der Waals surface area contributed by atoms with Crippen molar-refractivity contribution in [3.05, 3.63) is 47.2 Å². The van der Waals surface area contributed by atoms with Crippen LogP contribution in [-0.2, 0) is 0 Å². The Balaban J connectivity index is 2.39. The SMILES string of the molecule is C1=CNc2c3c(ccc2=C1)=CC=CO3. The summed E-state index contributed by atoms with van der Waals surface area (Å²) < 4.78 is 5.49. The van der Waals surface area contributed by atoms with Gasteiger partial charge in [-0.3, -0.25) is 0 Å². The highest BCUT2D eigenvalue weighted by Gasteiger charge is 2.08. The van der Waals surface area contributed by atoms with Crippen molar-refractivity contribution in [1.82, 2.24) is 0 Å². The zero-order valence-electron chi connectivity index (χ0n) is 7.53. The largest absolute Gasteiger partial charge is 0.462 e. The normalized spacial score (nSPS) is 15.4. The van der Waals surface area contributed by atoms with Crippen molar-refractivity contribution in [2.75, 3.05) is 5.32 Å². The zero-order chi connectivity index (χ0) is 9.38. The number of benzene rings is 1. The Morgan fingerprint density at radius 1 is 1.00 bits per heavy atom. The van der Waals surface area contributed by atoms with Crippen LogP contribution in [0.25, 0.3) is 12.2 Å². The van der Waals surface area contributed by atoms with E-state index in [1.807, 2.05) is 24.4 Å². The van der Waals surface area contributed by atoms with Crippen molar-refractivity contribution in [3.63, 3.8) is 0 Å². The zero-order valence-corrected chi connectivity index (χ0v) is 7.53. The summed E-state index contributed by atoms with van der Waals surface area (Å²) in [5, 5.41) is 5.48. The molecule has 0 aliphatic carbocycles. The summed E-state index contributed by atoms with van der Waals surface area (Å²) in [6.07, 6.45) is 11.6. The smallest absolute Gasteiger partial charge is 0.157 e. The van der Waals surface area contributed by atoms with Gasteiger partial charge in [0.2, 0.25) is 0 Å². The lowest BCUT2D eigenvalue weighted by molar-refractivity contribution is 0.476. The van der Waals surface area contributed by atoms with Crippen LogP contribution in [0.2, 0.25) is 0 Å². The van der Waals surface area contributed by atoms with Crippen molar-refractivity contribution >= 4 is 17.8 Å². The van der Waals surface area contributed by atoms with Gasteiger partial charge in [0.15, 0.2) is 5.75 Å². The Morgan fingerprint density at radius 3 is 2.86 bits per heavy atom. The highest BCUT2D eigenvalue weighted by molar-refractivity contribution is 5.68. The van der Waals surface area contributed by atoms with Crippen LogP contribution < -0.4 is 20.5 Å². The minimum atomic E-state index is 0.908. The van der Waals surface area contributed by atoms with Gasteiger partial charge in [0.25, 0.3) is 0 Å². The molecule has 0 unspecified atom stereocenters. The Bertz CT molecular complexity index is 501. The fourth-order valence-electron chi connectivity index (χ4n) is 1.69. The van der Waals surface area contributed by atoms with Crippen LogP contribution in [0.3, 0.4) is 0 Å². The van der Waals surface area contributed by atoms with E-state index in [9.17, 15) is 0 Å². The Labute approximate surface area is 81.5 Å². The van der Waals surface area contributed by atoms with E-state index < -0.39 is 0 Å². The van der Waals surface area contributed by atoms with Crippen molar-refractivity contribution in [2.45, 2.75) is 0 Å². The molecule has 0 radical (unpaired) electrons. The maximum atomic E-state index is 5.49. The minimum absolute atomic E-state index is 0.908. The Kier molecular flexibility index (Phi) is 1.47. The molecule has 2 heteroatoms. The van der Waals surface area contributed by atoms with Crippen LogP contribution >= 0.6 is 0 Å². The number of nitrogens with one attached hydrogen (secondary N) is 1. The van der Waals surface area contributed by atoms with Gasteiger partial charge in [-0.2, -0.15) is 0 Å². The fourth-order valence-corrected chi connectivity index (χ4v) is 1.69. The van der Waals surface area contributed by atoms with E-state index in [4.69, 9.17) is 4.74 Å². The number of allylic oxidation sites excluding steroid dienone is 2. The van der Waals surface area contributed by atoms with Gasteiger partial charge < -0.3 is 10.1 Å². The van der Waals surface area contributed by atoms with Gasteiger partial charge in [-0.15, -0.1) is 0 Å². The third-order valence-electron chi connectivity index (χ3n) is 2.36. The number of hydrogen-bond donors (Lipinski definition) is 1. The van der Waals surface area contributed by atoms with Gasteiger partial charge in [0.1, 0.15) is 0 Å². The second-order valence-corrected chi connectivity index (χ2v) is 3.23. The minimum Gasteiger partial charge on any atom is -0.462 e. The molecule has 3 rings (SSSR count). The Morgan fingerprint density at radius 2 is 1.86 bits per heavy atom. The van der Waals surface area contributed by atoms with Gasteiger partial charge in [0, 0.05) is 16.6 Å². The second kappa shape index (κ2) is 2.77. The lowest BCUT2D eigenvalue weighted by atomic mass is 10.1. The average molecular weight is 183 g/mol. The predicted octanol–water partition coefficient (Wildman–Crippen LogP) is 1.09. The summed E-state index contributed by atoms with van der Waals surface area (Å²) in [5.41, 5.74) is 1.05. The predicted molar refractivity (Wildman–Crippen MR) is 57.2 cm³/mol. The lowest BCUT2D eigenvalue weighted by Crippen LogP contribution is -2.19. The summed E-state index contributed by atoms with van der Waals surface area (Å²) in [7, 11) is 0. The monoisotopic (exact) mass is 183 g/mol. The number of hydrogen-bond acceptors (Lipinski definition) is 2. The highest BCUT2D eigenvalue weighted by Crippen LogP contribution is 2.18. The third kappa shape index (κ3) is 0.973. The molecule has 0 spiro atoms. The van der Waals surface area contributed by atoms with E-state index in [0.717, 1.165) is 21.9 Å². The van der Waals surface area contributed by atoms with E-state index in [1.54, 1.807) is 6.26 Å². The quantitative estimate of drug-likeness (QED) is 0.650. The molecule has 0 fully saturated rings. The van der Waals surface area contributed by atoms with E-state index in [0.29, 0.717) is 0 Å². The molecule has 0 aromatic heterocycles. The number of anilines is 1.